The van der Waals surface area contributed by atoms with E-state index in [9.17, 15) is 4.79 Å². The van der Waals surface area contributed by atoms with E-state index in [1.807, 2.05) is 6.92 Å². The number of pyridine rings is 1. The molecule has 5 heteroatoms. The zero-order chi connectivity index (χ0) is 11.7. The highest BCUT2D eigenvalue weighted by molar-refractivity contribution is 5.88. The minimum Gasteiger partial charge on any atom is -0.465 e. The largest absolute Gasteiger partial charge is 0.465 e. The van der Waals surface area contributed by atoms with Gasteiger partial charge in [0.25, 0.3) is 0 Å². The van der Waals surface area contributed by atoms with Crippen molar-refractivity contribution in [2.75, 3.05) is 21.3 Å². The summed E-state index contributed by atoms with van der Waals surface area (Å²) in [5.41, 5.74) is 3.80. The van der Waals surface area contributed by atoms with Gasteiger partial charge in [0.2, 0.25) is 0 Å². The van der Waals surface area contributed by atoms with Crippen LogP contribution in [-0.2, 0) is 9.57 Å². The van der Waals surface area contributed by atoms with E-state index in [4.69, 9.17) is 0 Å². The average molecular weight is 244 g/mol. The maximum absolute atomic E-state index is 10.9. The second kappa shape index (κ2) is 12.6. The molecule has 0 aliphatic carbocycles. The van der Waals surface area contributed by atoms with Crippen LogP contribution in [0.3, 0.4) is 0 Å². The monoisotopic (exact) mass is 244 g/mol. The van der Waals surface area contributed by atoms with Gasteiger partial charge in [0, 0.05) is 18.9 Å². The van der Waals surface area contributed by atoms with Crippen molar-refractivity contribution in [3.8, 4) is 0 Å². The quantitative estimate of drug-likeness (QED) is 0.638. The topological polar surface area (TPSA) is 60.5 Å². The molecule has 0 atom stereocenters. The van der Waals surface area contributed by atoms with Crippen molar-refractivity contribution in [2.45, 2.75) is 21.8 Å². The van der Waals surface area contributed by atoms with Crippen LogP contribution in [0.4, 0.5) is 0 Å². The molecule has 0 radical (unpaired) electrons. The molecule has 0 aromatic carbocycles. The van der Waals surface area contributed by atoms with E-state index in [2.05, 4.69) is 20.0 Å². The van der Waals surface area contributed by atoms with Gasteiger partial charge < -0.3 is 9.57 Å². The molecule has 0 saturated heterocycles. The van der Waals surface area contributed by atoms with Crippen molar-refractivity contribution < 1.29 is 14.4 Å². The Labute approximate surface area is 104 Å². The molecule has 1 rings (SSSR count). The van der Waals surface area contributed by atoms with Gasteiger partial charge in [-0.15, -0.1) is 0 Å². The van der Waals surface area contributed by atoms with E-state index < -0.39 is 0 Å². The SMILES string of the molecule is C.C.CNOC.COC(=O)c1ccc(C)nc1. The molecular weight excluding hydrogens is 220 g/mol. The lowest BCUT2D eigenvalue weighted by Crippen LogP contribution is -2.01. The first-order valence-corrected chi connectivity index (χ1v) is 4.36. The number of nitrogens with one attached hydrogen (secondary N) is 1. The van der Waals surface area contributed by atoms with Gasteiger partial charge in [0.1, 0.15) is 0 Å². The Morgan fingerprint density at radius 2 is 1.82 bits per heavy atom. The third-order valence-electron chi connectivity index (χ3n) is 1.54. The molecule has 100 valence electrons. The number of carbonyl (C=O) groups is 1. The second-order valence-corrected chi connectivity index (χ2v) is 2.59. The van der Waals surface area contributed by atoms with E-state index >= 15 is 0 Å². The van der Waals surface area contributed by atoms with Crippen LogP contribution in [0.2, 0.25) is 0 Å². The summed E-state index contributed by atoms with van der Waals surface area (Å²) in [5.74, 6) is -0.350. The van der Waals surface area contributed by atoms with Gasteiger partial charge in [-0.3, -0.25) is 4.98 Å². The van der Waals surface area contributed by atoms with Crippen molar-refractivity contribution in [3.05, 3.63) is 29.6 Å². The Hall–Kier alpha value is -1.46. The highest BCUT2D eigenvalue weighted by Gasteiger charge is 2.02. The van der Waals surface area contributed by atoms with Crippen molar-refractivity contribution in [1.29, 1.82) is 0 Å². The lowest BCUT2D eigenvalue weighted by molar-refractivity contribution is 0.0600. The predicted molar refractivity (Wildman–Crippen MR) is 69.8 cm³/mol. The third kappa shape index (κ3) is 9.47. The van der Waals surface area contributed by atoms with Gasteiger partial charge in [-0.2, -0.15) is 0 Å². The Morgan fingerprint density at radius 3 is 2.12 bits per heavy atom. The predicted octanol–water partition coefficient (Wildman–Crippen LogP) is 2.22. The first-order chi connectivity index (χ1) is 7.15. The molecule has 0 unspecified atom stereocenters. The molecule has 0 aliphatic heterocycles. The molecule has 1 heterocycles. The van der Waals surface area contributed by atoms with E-state index in [0.717, 1.165) is 5.69 Å². The number of rotatable bonds is 2. The summed E-state index contributed by atoms with van der Waals surface area (Å²) in [7, 11) is 4.63. The summed E-state index contributed by atoms with van der Waals surface area (Å²) in [6, 6.07) is 3.46. The maximum Gasteiger partial charge on any atom is 0.339 e. The molecule has 0 fully saturated rings. The zero-order valence-electron chi connectivity index (χ0n) is 9.40. The average Bonchev–Trinajstić information content (AvgIpc) is 2.29. The highest BCUT2D eigenvalue weighted by Crippen LogP contribution is 1.99. The fourth-order valence-corrected chi connectivity index (χ4v) is 0.706. The van der Waals surface area contributed by atoms with Crippen LogP contribution in [-0.4, -0.2) is 32.2 Å². The number of hydroxylamine groups is 1. The molecule has 0 saturated carbocycles. The minimum absolute atomic E-state index is 0. The number of nitrogens with zero attached hydrogens (tertiary/aromatic N) is 1. The zero-order valence-corrected chi connectivity index (χ0v) is 9.40. The van der Waals surface area contributed by atoms with Crippen molar-refractivity contribution in [1.82, 2.24) is 10.5 Å². The lowest BCUT2D eigenvalue weighted by atomic mass is 10.2. The smallest absolute Gasteiger partial charge is 0.339 e. The molecule has 5 nitrogen and oxygen atoms in total. The summed E-state index contributed by atoms with van der Waals surface area (Å²) in [6.45, 7) is 1.86. The maximum atomic E-state index is 10.9. The number of hydrogen-bond acceptors (Lipinski definition) is 5. The van der Waals surface area contributed by atoms with Crippen LogP contribution >= 0.6 is 0 Å². The van der Waals surface area contributed by atoms with E-state index in [1.54, 1.807) is 26.3 Å². The molecular formula is C12H24N2O3. The van der Waals surface area contributed by atoms with Gasteiger partial charge >= 0.3 is 5.97 Å². The van der Waals surface area contributed by atoms with Gasteiger partial charge in [-0.25, -0.2) is 10.3 Å². The Kier molecular flexibility index (Phi) is 15.5. The van der Waals surface area contributed by atoms with E-state index in [0.29, 0.717) is 5.56 Å². The number of ether oxygens (including phenoxy) is 1. The summed E-state index contributed by atoms with van der Waals surface area (Å²) in [4.78, 5) is 19.1. The lowest BCUT2D eigenvalue weighted by Gasteiger charge is -1.97. The fraction of sp³-hybridized carbons (Fsp3) is 0.500. The number of hydrogen-bond donors (Lipinski definition) is 1. The molecule has 1 aromatic rings. The number of esters is 1. The standard InChI is InChI=1S/C8H9NO2.C2H7NO.2CH4/c1-6-3-4-7(5-9-6)8(10)11-2;1-3-4-2;;/h3-5H,1-2H3;3H,1-2H3;2*1H4. The number of carbonyl (C=O) groups excluding carboxylic acids is 1. The fourth-order valence-electron chi connectivity index (χ4n) is 0.706. The minimum atomic E-state index is -0.350. The van der Waals surface area contributed by atoms with Gasteiger partial charge in [-0.05, 0) is 19.1 Å². The first-order valence-electron chi connectivity index (χ1n) is 4.36. The normalized spacial score (nSPS) is 7.76. The van der Waals surface area contributed by atoms with Crippen LogP contribution < -0.4 is 5.48 Å². The van der Waals surface area contributed by atoms with Crippen molar-refractivity contribution in [3.63, 3.8) is 0 Å². The van der Waals surface area contributed by atoms with Crippen molar-refractivity contribution in [2.24, 2.45) is 0 Å². The van der Waals surface area contributed by atoms with E-state index in [1.165, 1.54) is 13.3 Å². The molecule has 0 amide bonds. The summed E-state index contributed by atoms with van der Waals surface area (Å²) < 4.78 is 4.50. The second-order valence-electron chi connectivity index (χ2n) is 2.59. The van der Waals surface area contributed by atoms with Crippen LogP contribution in [0.25, 0.3) is 0 Å². The van der Waals surface area contributed by atoms with Gasteiger partial charge in [-0.1, -0.05) is 14.9 Å². The van der Waals surface area contributed by atoms with E-state index in [-0.39, 0.29) is 20.8 Å². The highest BCUT2D eigenvalue weighted by atomic mass is 16.6. The van der Waals surface area contributed by atoms with Gasteiger partial charge in [0.05, 0.1) is 19.8 Å². The van der Waals surface area contributed by atoms with Gasteiger partial charge in [0.15, 0.2) is 0 Å². The number of aryl methyl sites for hydroxylation is 1. The molecule has 1 N–H and O–H groups in total. The van der Waals surface area contributed by atoms with Crippen LogP contribution in [0.15, 0.2) is 18.3 Å². The van der Waals surface area contributed by atoms with Crippen LogP contribution in [0.1, 0.15) is 30.9 Å². The first kappa shape index (κ1) is 20.9. The molecule has 1 aromatic heterocycles. The summed E-state index contributed by atoms with van der Waals surface area (Å²) >= 11 is 0. The third-order valence-corrected chi connectivity index (χ3v) is 1.54. The van der Waals surface area contributed by atoms with Crippen LogP contribution in [0, 0.1) is 6.92 Å². The Bertz CT molecular complexity index is 284. The van der Waals surface area contributed by atoms with Crippen molar-refractivity contribution >= 4 is 5.97 Å². The number of methoxy groups -OCH3 is 1. The molecule has 0 bridgehead atoms. The molecule has 0 aliphatic rings. The Balaban J connectivity index is -0.000000289. The molecule has 0 spiro atoms. The van der Waals surface area contributed by atoms with Crippen LogP contribution in [0.5, 0.6) is 0 Å². The summed E-state index contributed by atoms with van der Waals surface area (Å²) in [6.07, 6.45) is 1.50. The Morgan fingerprint density at radius 1 is 1.29 bits per heavy atom. The molecule has 17 heavy (non-hydrogen) atoms. The number of aromatic nitrogens is 1. The summed E-state index contributed by atoms with van der Waals surface area (Å²) in [5, 5.41) is 0.